The fourth-order valence-corrected chi connectivity index (χ4v) is 5.62. The second-order valence-electron chi connectivity index (χ2n) is 9.67. The number of amides is 1. The molecular formula is C26H31N7O5. The second-order valence-corrected chi connectivity index (χ2v) is 9.67. The van der Waals surface area contributed by atoms with Crippen molar-refractivity contribution in [1.82, 2.24) is 34.9 Å². The number of nitrogens with zero attached hydrogens (tertiary/aromatic N) is 7. The maximum Gasteiger partial charge on any atom is 0.256 e. The quantitative estimate of drug-likeness (QED) is 0.497. The van der Waals surface area contributed by atoms with E-state index in [-0.39, 0.29) is 25.3 Å². The summed E-state index contributed by atoms with van der Waals surface area (Å²) in [6, 6.07) is 9.11. The van der Waals surface area contributed by atoms with Crippen LogP contribution in [-0.4, -0.2) is 113 Å². The fraction of sp³-hybridized carbons (Fsp3) is 0.462. The van der Waals surface area contributed by atoms with Crippen LogP contribution in [0.1, 0.15) is 33.4 Å². The number of hydrogen-bond acceptors (Lipinski definition) is 10. The predicted molar refractivity (Wildman–Crippen MR) is 136 cm³/mol. The van der Waals surface area contributed by atoms with Gasteiger partial charge in [-0.05, 0) is 47.7 Å². The number of likely N-dealkylation sites (N-methyl/N-ethyl adjacent to an activating group) is 1. The first kappa shape index (κ1) is 24.6. The van der Waals surface area contributed by atoms with Gasteiger partial charge in [-0.25, -0.2) is 0 Å². The van der Waals surface area contributed by atoms with Gasteiger partial charge in [-0.3, -0.25) is 14.6 Å². The number of hydrogen-bond donors (Lipinski definition) is 1. The average molecular weight is 522 g/mol. The monoisotopic (exact) mass is 521 g/mol. The Labute approximate surface area is 220 Å². The molecule has 0 aliphatic carbocycles. The number of methoxy groups -OCH3 is 1. The Morgan fingerprint density at radius 3 is 2.76 bits per heavy atom. The first-order chi connectivity index (χ1) is 18.6. The molecule has 3 aliphatic rings. The number of fused-ring (bicyclic) bond motifs is 2. The molecule has 4 heterocycles. The zero-order valence-electron chi connectivity index (χ0n) is 21.5. The van der Waals surface area contributed by atoms with Crippen LogP contribution < -0.4 is 14.2 Å². The van der Waals surface area contributed by atoms with E-state index in [0.717, 1.165) is 37.2 Å². The molecule has 1 saturated heterocycles. The highest BCUT2D eigenvalue weighted by Crippen LogP contribution is 2.50. The molecule has 1 aromatic heterocycles. The maximum atomic E-state index is 13.7. The van der Waals surface area contributed by atoms with E-state index in [1.54, 1.807) is 11.8 Å². The van der Waals surface area contributed by atoms with Crippen LogP contribution in [0, 0.1) is 0 Å². The SMILES string of the molecule is COc1c2c(cc3c1[C@@H](c1nnnn1-c1ccccc1C(=O)N1CCN(CCO)CC1)N(C)CC3)OCO2. The summed E-state index contributed by atoms with van der Waals surface area (Å²) in [5.74, 6) is 2.40. The number of aromatic nitrogens is 4. The number of β-amino-alcohol motifs (C(OH)–C–C–N with tert-alkyl or cyclic N) is 1. The van der Waals surface area contributed by atoms with E-state index in [2.05, 4.69) is 25.3 Å². The smallest absolute Gasteiger partial charge is 0.256 e. The highest BCUT2D eigenvalue weighted by atomic mass is 16.7. The number of aliphatic hydroxyl groups excluding tert-OH is 1. The van der Waals surface area contributed by atoms with Crippen LogP contribution in [0.15, 0.2) is 30.3 Å². The van der Waals surface area contributed by atoms with E-state index in [1.165, 1.54) is 0 Å². The number of carbonyl (C=O) groups excluding carboxylic acids is 1. The molecule has 0 bridgehead atoms. The number of tetrazole rings is 1. The van der Waals surface area contributed by atoms with Gasteiger partial charge in [0.1, 0.15) is 6.04 Å². The molecular weight excluding hydrogens is 490 g/mol. The van der Waals surface area contributed by atoms with Gasteiger partial charge in [0.05, 0.1) is 25.0 Å². The van der Waals surface area contributed by atoms with Crippen molar-refractivity contribution in [3.05, 3.63) is 52.8 Å². The Morgan fingerprint density at radius 1 is 1.16 bits per heavy atom. The van der Waals surface area contributed by atoms with E-state index >= 15 is 0 Å². The Bertz CT molecular complexity index is 1340. The minimum absolute atomic E-state index is 0.0657. The molecule has 0 spiro atoms. The van der Waals surface area contributed by atoms with Crippen LogP contribution in [0.2, 0.25) is 0 Å². The fourth-order valence-electron chi connectivity index (χ4n) is 5.62. The minimum atomic E-state index is -0.330. The summed E-state index contributed by atoms with van der Waals surface area (Å²) in [4.78, 5) is 19.9. The third-order valence-electron chi connectivity index (χ3n) is 7.57. The lowest BCUT2D eigenvalue weighted by molar-refractivity contribution is 0.0614. The van der Waals surface area contributed by atoms with E-state index in [9.17, 15) is 9.90 Å². The summed E-state index contributed by atoms with van der Waals surface area (Å²) in [6.07, 6.45) is 0.814. The molecule has 1 amide bonds. The Balaban J connectivity index is 1.39. The number of aliphatic hydroxyl groups is 1. The number of rotatable bonds is 6. The third kappa shape index (κ3) is 4.14. The molecule has 0 saturated carbocycles. The molecule has 1 fully saturated rings. The van der Waals surface area contributed by atoms with Crippen molar-refractivity contribution in [1.29, 1.82) is 0 Å². The molecule has 12 nitrogen and oxygen atoms in total. The molecule has 0 radical (unpaired) electrons. The summed E-state index contributed by atoms with van der Waals surface area (Å²) in [5.41, 5.74) is 3.18. The topological polar surface area (TPSA) is 118 Å². The van der Waals surface area contributed by atoms with E-state index in [4.69, 9.17) is 14.2 Å². The van der Waals surface area contributed by atoms with Gasteiger partial charge < -0.3 is 24.2 Å². The van der Waals surface area contributed by atoms with Crippen LogP contribution >= 0.6 is 0 Å². The third-order valence-corrected chi connectivity index (χ3v) is 7.57. The van der Waals surface area contributed by atoms with Gasteiger partial charge in [0, 0.05) is 44.8 Å². The highest BCUT2D eigenvalue weighted by molar-refractivity contribution is 5.97. The lowest BCUT2D eigenvalue weighted by Crippen LogP contribution is -2.49. The van der Waals surface area contributed by atoms with Crippen molar-refractivity contribution in [2.75, 3.05) is 66.8 Å². The van der Waals surface area contributed by atoms with Crippen LogP contribution in [0.25, 0.3) is 5.69 Å². The molecule has 6 rings (SSSR count). The van der Waals surface area contributed by atoms with Crippen molar-refractivity contribution >= 4 is 5.91 Å². The van der Waals surface area contributed by atoms with Crippen molar-refractivity contribution in [3.63, 3.8) is 0 Å². The van der Waals surface area contributed by atoms with E-state index in [1.807, 2.05) is 42.3 Å². The Hall–Kier alpha value is -3.74. The Kier molecular flexibility index (Phi) is 6.60. The van der Waals surface area contributed by atoms with Gasteiger partial charge in [0.25, 0.3) is 5.91 Å². The number of ether oxygens (including phenoxy) is 3. The van der Waals surface area contributed by atoms with Gasteiger partial charge in [0.15, 0.2) is 17.3 Å². The lowest BCUT2D eigenvalue weighted by atomic mass is 9.90. The maximum absolute atomic E-state index is 13.7. The number of benzene rings is 2. The number of piperazine rings is 1. The molecule has 38 heavy (non-hydrogen) atoms. The largest absolute Gasteiger partial charge is 0.492 e. The summed E-state index contributed by atoms with van der Waals surface area (Å²) >= 11 is 0. The van der Waals surface area contributed by atoms with Gasteiger partial charge in [0.2, 0.25) is 12.5 Å². The summed E-state index contributed by atoms with van der Waals surface area (Å²) in [5, 5.41) is 22.1. The second kappa shape index (κ2) is 10.2. The van der Waals surface area contributed by atoms with Crippen molar-refractivity contribution < 1.29 is 24.1 Å². The van der Waals surface area contributed by atoms with Crippen molar-refractivity contribution in [2.45, 2.75) is 12.5 Å². The van der Waals surface area contributed by atoms with Gasteiger partial charge in [-0.2, -0.15) is 4.68 Å². The average Bonchev–Trinajstić information content (AvgIpc) is 3.62. The summed E-state index contributed by atoms with van der Waals surface area (Å²) < 4.78 is 18.9. The molecule has 1 N–H and O–H groups in total. The van der Waals surface area contributed by atoms with Crippen LogP contribution in [0.4, 0.5) is 0 Å². The molecule has 12 heteroatoms. The molecule has 1 atom stereocenters. The van der Waals surface area contributed by atoms with Crippen molar-refractivity contribution in [2.24, 2.45) is 0 Å². The summed E-state index contributed by atoms with van der Waals surface area (Å²) in [7, 11) is 3.65. The molecule has 2 aromatic carbocycles. The van der Waals surface area contributed by atoms with Crippen LogP contribution in [-0.2, 0) is 6.42 Å². The normalized spacial score (nSPS) is 19.4. The zero-order valence-corrected chi connectivity index (χ0v) is 21.5. The zero-order chi connectivity index (χ0) is 26.2. The molecule has 200 valence electrons. The standard InChI is InChI=1S/C26H31N7O5/c1-30-8-7-17-15-20-23(38-16-37-20)24(36-2)21(17)22(30)25-27-28-29-33(25)19-6-4-3-5-18(19)26(35)32-11-9-31(10-12-32)13-14-34/h3-6,15,22,34H,7-14,16H2,1-2H3/t22-/m0/s1. The molecule has 3 aromatic rings. The van der Waals surface area contributed by atoms with Gasteiger partial charge >= 0.3 is 0 Å². The molecule has 3 aliphatic heterocycles. The summed E-state index contributed by atoms with van der Waals surface area (Å²) in [6.45, 7) is 4.31. The first-order valence-electron chi connectivity index (χ1n) is 12.8. The Morgan fingerprint density at radius 2 is 1.97 bits per heavy atom. The minimum Gasteiger partial charge on any atom is -0.492 e. The van der Waals surface area contributed by atoms with Crippen LogP contribution in [0.5, 0.6) is 17.2 Å². The predicted octanol–water partition coefficient (Wildman–Crippen LogP) is 0.727. The first-order valence-corrected chi connectivity index (χ1v) is 12.8. The number of para-hydroxylation sites is 1. The lowest BCUT2D eigenvalue weighted by Gasteiger charge is -2.35. The highest BCUT2D eigenvalue weighted by Gasteiger charge is 2.38. The van der Waals surface area contributed by atoms with Gasteiger partial charge in [-0.15, -0.1) is 5.10 Å². The van der Waals surface area contributed by atoms with Crippen molar-refractivity contribution in [3.8, 4) is 22.9 Å². The number of carbonyl (C=O) groups is 1. The van der Waals surface area contributed by atoms with E-state index in [0.29, 0.717) is 54.0 Å². The van der Waals surface area contributed by atoms with Crippen LogP contribution in [0.3, 0.4) is 0 Å². The van der Waals surface area contributed by atoms with E-state index < -0.39 is 0 Å². The van der Waals surface area contributed by atoms with Gasteiger partial charge in [-0.1, -0.05) is 12.1 Å². The molecule has 0 unspecified atom stereocenters.